The van der Waals surface area contributed by atoms with Crippen LogP contribution in [0.3, 0.4) is 0 Å². The van der Waals surface area contributed by atoms with E-state index in [1.54, 1.807) is 0 Å². The molecule has 1 aromatic carbocycles. The molecular weight excluding hydrogens is 364 g/mol. The van der Waals surface area contributed by atoms with E-state index < -0.39 is 0 Å². The van der Waals surface area contributed by atoms with E-state index in [0.29, 0.717) is 6.54 Å². The Bertz CT molecular complexity index is 606. The van der Waals surface area contributed by atoms with E-state index in [-0.39, 0.29) is 6.10 Å². The predicted molar refractivity (Wildman–Crippen MR) is 120 cm³/mol. The van der Waals surface area contributed by atoms with Crippen LogP contribution >= 0.6 is 0 Å². The molecule has 6 heteroatoms. The molecular formula is C23H38N4O2. The summed E-state index contributed by atoms with van der Waals surface area (Å²) in [6.07, 6.45) is 4.86. The maximum absolute atomic E-state index is 5.81. The van der Waals surface area contributed by atoms with Crippen LogP contribution in [0.2, 0.25) is 0 Å². The van der Waals surface area contributed by atoms with Crippen LogP contribution in [0, 0.1) is 5.92 Å². The monoisotopic (exact) mass is 402 g/mol. The van der Waals surface area contributed by atoms with Crippen LogP contribution in [0.1, 0.15) is 45.1 Å². The van der Waals surface area contributed by atoms with Crippen LogP contribution in [0.25, 0.3) is 0 Å². The first-order valence-corrected chi connectivity index (χ1v) is 11.3. The number of anilines is 1. The van der Waals surface area contributed by atoms with Crippen molar-refractivity contribution in [3.63, 3.8) is 0 Å². The first-order valence-electron chi connectivity index (χ1n) is 11.3. The summed E-state index contributed by atoms with van der Waals surface area (Å²) in [6.45, 7) is 11.5. The van der Waals surface area contributed by atoms with Crippen LogP contribution in [-0.4, -0.2) is 58.1 Å². The third-order valence-electron chi connectivity index (χ3n) is 5.70. The van der Waals surface area contributed by atoms with E-state index in [0.717, 1.165) is 57.6 Å². The molecule has 6 nitrogen and oxygen atoms in total. The van der Waals surface area contributed by atoms with Crippen molar-refractivity contribution < 1.29 is 9.47 Å². The first-order chi connectivity index (χ1) is 14.2. The summed E-state index contributed by atoms with van der Waals surface area (Å²) in [6, 6.07) is 8.90. The number of hydrogen-bond donors (Lipinski definition) is 2. The molecule has 2 aliphatic heterocycles. The minimum Gasteiger partial charge on any atom is -0.379 e. The van der Waals surface area contributed by atoms with Crippen molar-refractivity contribution in [1.82, 2.24) is 10.6 Å². The average molecular weight is 403 g/mol. The number of rotatable bonds is 9. The van der Waals surface area contributed by atoms with Gasteiger partial charge in [-0.3, -0.25) is 0 Å². The van der Waals surface area contributed by atoms with Gasteiger partial charge < -0.3 is 25.0 Å². The van der Waals surface area contributed by atoms with Crippen molar-refractivity contribution in [2.45, 2.75) is 52.2 Å². The number of aliphatic imine (C=N–C) groups is 1. The fraction of sp³-hybridized carbons (Fsp3) is 0.696. The van der Waals surface area contributed by atoms with Crippen LogP contribution in [0.15, 0.2) is 29.3 Å². The summed E-state index contributed by atoms with van der Waals surface area (Å²) >= 11 is 0. The normalized spacial score (nSPS) is 20.8. The molecule has 162 valence electrons. The molecule has 2 fully saturated rings. The van der Waals surface area contributed by atoms with E-state index in [4.69, 9.17) is 14.5 Å². The number of piperidine rings is 1. The summed E-state index contributed by atoms with van der Waals surface area (Å²) < 4.78 is 11.1. The fourth-order valence-corrected chi connectivity index (χ4v) is 3.76. The molecule has 1 atom stereocenters. The second-order valence-corrected chi connectivity index (χ2v) is 8.17. The lowest BCUT2D eigenvalue weighted by Gasteiger charge is -2.32. The standard InChI is InChI=1S/C23H38N4O2/c1-3-24-23(25-12-4-15-29-22-11-16-28-18-22)26-17-20-5-7-21(8-6-20)27-13-9-19(2)10-14-27/h5-8,19,22H,3-4,9-18H2,1-2H3,(H2,24,25,26). The highest BCUT2D eigenvalue weighted by molar-refractivity contribution is 5.79. The molecule has 2 N–H and O–H groups in total. The van der Waals surface area contributed by atoms with Crippen LogP contribution in [-0.2, 0) is 16.0 Å². The van der Waals surface area contributed by atoms with Gasteiger partial charge in [-0.05, 0) is 56.2 Å². The maximum atomic E-state index is 5.81. The number of ether oxygens (including phenoxy) is 2. The molecule has 3 rings (SSSR count). The summed E-state index contributed by atoms with van der Waals surface area (Å²) in [7, 11) is 0. The number of nitrogens with one attached hydrogen (secondary N) is 2. The molecule has 1 unspecified atom stereocenters. The molecule has 0 aliphatic carbocycles. The summed E-state index contributed by atoms with van der Waals surface area (Å²) in [5.74, 6) is 1.73. The van der Waals surface area contributed by atoms with E-state index >= 15 is 0 Å². The van der Waals surface area contributed by atoms with Gasteiger partial charge in [0.05, 0.1) is 19.3 Å². The molecule has 2 saturated heterocycles. The third kappa shape index (κ3) is 7.52. The van der Waals surface area contributed by atoms with Gasteiger partial charge in [-0.15, -0.1) is 0 Å². The van der Waals surface area contributed by atoms with E-state index in [1.807, 2.05) is 0 Å². The average Bonchev–Trinajstić information content (AvgIpc) is 3.26. The van der Waals surface area contributed by atoms with Gasteiger partial charge in [0.2, 0.25) is 0 Å². The quantitative estimate of drug-likeness (QED) is 0.377. The van der Waals surface area contributed by atoms with E-state index in [2.05, 4.69) is 53.6 Å². The topological polar surface area (TPSA) is 58.1 Å². The number of benzene rings is 1. The van der Waals surface area contributed by atoms with Gasteiger partial charge in [0.25, 0.3) is 0 Å². The summed E-state index contributed by atoms with van der Waals surface area (Å²) in [5, 5.41) is 6.72. The Morgan fingerprint density at radius 1 is 1.17 bits per heavy atom. The van der Waals surface area contributed by atoms with Crippen LogP contribution in [0.4, 0.5) is 5.69 Å². The molecule has 0 bridgehead atoms. The highest BCUT2D eigenvalue weighted by atomic mass is 16.5. The van der Waals surface area contributed by atoms with Gasteiger partial charge in [-0.2, -0.15) is 0 Å². The maximum Gasteiger partial charge on any atom is 0.191 e. The zero-order valence-electron chi connectivity index (χ0n) is 18.2. The van der Waals surface area contributed by atoms with Gasteiger partial charge in [-0.25, -0.2) is 4.99 Å². The van der Waals surface area contributed by atoms with E-state index in [9.17, 15) is 0 Å². The highest BCUT2D eigenvalue weighted by Gasteiger charge is 2.16. The van der Waals surface area contributed by atoms with Crippen molar-refractivity contribution in [3.05, 3.63) is 29.8 Å². The number of hydrogen-bond acceptors (Lipinski definition) is 4. The summed E-state index contributed by atoms with van der Waals surface area (Å²) in [5.41, 5.74) is 2.57. The highest BCUT2D eigenvalue weighted by Crippen LogP contribution is 2.23. The fourth-order valence-electron chi connectivity index (χ4n) is 3.76. The van der Waals surface area contributed by atoms with Gasteiger partial charge in [-0.1, -0.05) is 19.1 Å². The van der Waals surface area contributed by atoms with Crippen LogP contribution < -0.4 is 15.5 Å². The largest absolute Gasteiger partial charge is 0.379 e. The van der Waals surface area contributed by atoms with Crippen molar-refractivity contribution in [1.29, 1.82) is 0 Å². The lowest BCUT2D eigenvalue weighted by Crippen LogP contribution is -2.38. The Morgan fingerprint density at radius 2 is 1.97 bits per heavy atom. The Hall–Kier alpha value is -1.79. The Kier molecular flexibility index (Phi) is 9.09. The number of guanidine groups is 1. The van der Waals surface area contributed by atoms with Crippen molar-refractivity contribution in [2.75, 3.05) is 50.9 Å². The third-order valence-corrected chi connectivity index (χ3v) is 5.70. The Morgan fingerprint density at radius 3 is 2.66 bits per heavy atom. The summed E-state index contributed by atoms with van der Waals surface area (Å²) in [4.78, 5) is 7.23. The Balaban J connectivity index is 1.40. The minimum atomic E-state index is 0.285. The molecule has 0 aromatic heterocycles. The molecule has 29 heavy (non-hydrogen) atoms. The van der Waals surface area contributed by atoms with Gasteiger partial charge in [0.15, 0.2) is 5.96 Å². The Labute approximate surface area is 176 Å². The minimum absolute atomic E-state index is 0.285. The van der Waals surface area contributed by atoms with Gasteiger partial charge in [0, 0.05) is 45.1 Å². The molecule has 0 radical (unpaired) electrons. The number of nitrogens with zero attached hydrogens (tertiary/aromatic N) is 2. The zero-order chi connectivity index (χ0) is 20.3. The molecule has 2 aliphatic rings. The van der Waals surface area contributed by atoms with E-state index in [1.165, 1.54) is 37.2 Å². The van der Waals surface area contributed by atoms with Crippen LogP contribution in [0.5, 0.6) is 0 Å². The second-order valence-electron chi connectivity index (χ2n) is 8.17. The zero-order valence-corrected chi connectivity index (χ0v) is 18.2. The van der Waals surface area contributed by atoms with Gasteiger partial charge >= 0.3 is 0 Å². The van der Waals surface area contributed by atoms with Gasteiger partial charge in [0.1, 0.15) is 0 Å². The molecule has 0 saturated carbocycles. The van der Waals surface area contributed by atoms with Crippen molar-refractivity contribution >= 4 is 11.6 Å². The van der Waals surface area contributed by atoms with Crippen molar-refractivity contribution in [3.8, 4) is 0 Å². The molecule has 1 aromatic rings. The lowest BCUT2D eigenvalue weighted by atomic mass is 9.99. The molecule has 0 spiro atoms. The lowest BCUT2D eigenvalue weighted by molar-refractivity contribution is 0.0420. The molecule has 2 heterocycles. The second kappa shape index (κ2) is 12.0. The smallest absolute Gasteiger partial charge is 0.191 e. The predicted octanol–water partition coefficient (Wildman–Crippen LogP) is 3.17. The molecule has 0 amide bonds. The first kappa shape index (κ1) is 21.9. The SMILES string of the molecule is CCNC(=NCc1ccc(N2CCC(C)CC2)cc1)NCCCOC1CCOC1. The van der Waals surface area contributed by atoms with Crippen molar-refractivity contribution in [2.24, 2.45) is 10.9 Å².